The average molecular weight is 282 g/mol. The quantitative estimate of drug-likeness (QED) is 0.920. The summed E-state index contributed by atoms with van der Waals surface area (Å²) < 4.78 is 2.77. The van der Waals surface area contributed by atoms with Crippen molar-refractivity contribution >= 4 is 26.8 Å². The van der Waals surface area contributed by atoms with Crippen LogP contribution in [0, 0.1) is 0 Å². The third-order valence-corrected chi connectivity index (χ3v) is 3.12. The largest absolute Gasteiger partial charge is 0.325 e. The summed E-state index contributed by atoms with van der Waals surface area (Å²) in [6.07, 6.45) is 0.867. The van der Waals surface area contributed by atoms with Gasteiger partial charge in [0.25, 0.3) is 0 Å². The van der Waals surface area contributed by atoms with Crippen molar-refractivity contribution in [1.29, 1.82) is 0 Å². The standard InChI is InChI=1S/C12H16BrN3/c1-12(2,14)7-8-4-5-9-10(6-8)16(3)15-11(9)13/h4-6H,7,14H2,1-3H3. The minimum atomic E-state index is -0.177. The van der Waals surface area contributed by atoms with Gasteiger partial charge in [-0.15, -0.1) is 0 Å². The van der Waals surface area contributed by atoms with E-state index in [1.54, 1.807) is 0 Å². The van der Waals surface area contributed by atoms with E-state index < -0.39 is 0 Å². The van der Waals surface area contributed by atoms with Crippen LogP contribution in [0.2, 0.25) is 0 Å². The highest BCUT2D eigenvalue weighted by Crippen LogP contribution is 2.24. The highest BCUT2D eigenvalue weighted by atomic mass is 79.9. The summed E-state index contributed by atoms with van der Waals surface area (Å²) in [5.74, 6) is 0. The van der Waals surface area contributed by atoms with Gasteiger partial charge in [-0.3, -0.25) is 4.68 Å². The molecular formula is C12H16BrN3. The van der Waals surface area contributed by atoms with E-state index in [1.807, 2.05) is 25.6 Å². The molecule has 0 aliphatic carbocycles. The van der Waals surface area contributed by atoms with E-state index in [2.05, 4.69) is 39.2 Å². The van der Waals surface area contributed by atoms with Crippen LogP contribution in [-0.4, -0.2) is 15.3 Å². The third kappa shape index (κ3) is 2.28. The molecule has 0 radical (unpaired) electrons. The topological polar surface area (TPSA) is 43.8 Å². The van der Waals surface area contributed by atoms with Gasteiger partial charge in [0, 0.05) is 18.0 Å². The summed E-state index contributed by atoms with van der Waals surface area (Å²) in [6, 6.07) is 6.36. The fourth-order valence-corrected chi connectivity index (χ4v) is 2.47. The second-order valence-corrected chi connectivity index (χ2v) is 5.68. The lowest BCUT2D eigenvalue weighted by atomic mass is 9.96. The lowest BCUT2D eigenvalue weighted by Crippen LogP contribution is -2.34. The first-order chi connectivity index (χ1) is 7.37. The Labute approximate surface area is 104 Å². The first-order valence-corrected chi connectivity index (χ1v) is 6.06. The van der Waals surface area contributed by atoms with E-state index in [9.17, 15) is 0 Å². The van der Waals surface area contributed by atoms with Crippen LogP contribution in [0.4, 0.5) is 0 Å². The minimum Gasteiger partial charge on any atom is -0.325 e. The molecule has 86 valence electrons. The fourth-order valence-electron chi connectivity index (χ4n) is 1.89. The maximum atomic E-state index is 6.02. The summed E-state index contributed by atoms with van der Waals surface area (Å²) in [5.41, 5.74) is 8.22. The van der Waals surface area contributed by atoms with E-state index in [0.29, 0.717) is 0 Å². The van der Waals surface area contributed by atoms with Crippen molar-refractivity contribution in [1.82, 2.24) is 9.78 Å². The van der Waals surface area contributed by atoms with Crippen LogP contribution in [0.3, 0.4) is 0 Å². The van der Waals surface area contributed by atoms with Gasteiger partial charge in [0.1, 0.15) is 4.60 Å². The lowest BCUT2D eigenvalue weighted by molar-refractivity contribution is 0.517. The number of nitrogens with two attached hydrogens (primary N) is 1. The molecule has 0 amide bonds. The van der Waals surface area contributed by atoms with E-state index >= 15 is 0 Å². The van der Waals surface area contributed by atoms with Crippen LogP contribution in [0.1, 0.15) is 19.4 Å². The molecule has 16 heavy (non-hydrogen) atoms. The molecule has 1 aromatic heterocycles. The molecule has 2 aromatic rings. The smallest absolute Gasteiger partial charge is 0.135 e. The Bertz CT molecular complexity index is 523. The molecule has 0 unspecified atom stereocenters. The molecule has 0 atom stereocenters. The summed E-state index contributed by atoms with van der Waals surface area (Å²) in [7, 11) is 1.95. The van der Waals surface area contributed by atoms with E-state index in [4.69, 9.17) is 5.73 Å². The first kappa shape index (κ1) is 11.6. The molecule has 0 spiro atoms. The highest BCUT2D eigenvalue weighted by molar-refractivity contribution is 9.10. The molecule has 3 nitrogen and oxygen atoms in total. The second kappa shape index (κ2) is 3.86. The van der Waals surface area contributed by atoms with Crippen LogP contribution < -0.4 is 5.73 Å². The molecule has 2 N–H and O–H groups in total. The van der Waals surface area contributed by atoms with Crippen LogP contribution in [0.15, 0.2) is 22.8 Å². The van der Waals surface area contributed by atoms with Crippen molar-refractivity contribution in [3.63, 3.8) is 0 Å². The molecule has 0 bridgehead atoms. The molecule has 0 aliphatic rings. The molecule has 1 heterocycles. The maximum absolute atomic E-state index is 6.02. The Balaban J connectivity index is 2.48. The average Bonchev–Trinajstić information content (AvgIpc) is 2.40. The monoisotopic (exact) mass is 281 g/mol. The highest BCUT2D eigenvalue weighted by Gasteiger charge is 2.13. The summed E-state index contributed by atoms with van der Waals surface area (Å²) in [5, 5.41) is 5.47. The van der Waals surface area contributed by atoms with Gasteiger partial charge < -0.3 is 5.73 Å². The van der Waals surface area contributed by atoms with Crippen LogP contribution in [-0.2, 0) is 13.5 Å². The zero-order valence-electron chi connectivity index (χ0n) is 9.79. The van der Waals surface area contributed by atoms with Crippen LogP contribution in [0.25, 0.3) is 10.9 Å². The van der Waals surface area contributed by atoms with E-state index in [0.717, 1.165) is 21.9 Å². The first-order valence-electron chi connectivity index (χ1n) is 5.27. The van der Waals surface area contributed by atoms with Gasteiger partial charge in [0.15, 0.2) is 0 Å². The summed E-state index contributed by atoms with van der Waals surface area (Å²) in [4.78, 5) is 0. The number of rotatable bonds is 2. The number of nitrogens with zero attached hydrogens (tertiary/aromatic N) is 2. The van der Waals surface area contributed by atoms with E-state index in [-0.39, 0.29) is 5.54 Å². The number of hydrogen-bond acceptors (Lipinski definition) is 2. The molecular weight excluding hydrogens is 266 g/mol. The Kier molecular flexibility index (Phi) is 2.80. The van der Waals surface area contributed by atoms with Crippen molar-refractivity contribution in [3.8, 4) is 0 Å². The van der Waals surface area contributed by atoms with Gasteiger partial charge >= 0.3 is 0 Å². The molecule has 0 saturated heterocycles. The van der Waals surface area contributed by atoms with E-state index in [1.165, 1.54) is 5.56 Å². The van der Waals surface area contributed by atoms with Gasteiger partial charge in [0.05, 0.1) is 5.52 Å². The lowest BCUT2D eigenvalue weighted by Gasteiger charge is -2.18. The minimum absolute atomic E-state index is 0.177. The van der Waals surface area contributed by atoms with Crippen molar-refractivity contribution in [2.75, 3.05) is 0 Å². The van der Waals surface area contributed by atoms with Crippen molar-refractivity contribution in [2.24, 2.45) is 12.8 Å². The van der Waals surface area contributed by atoms with Gasteiger partial charge in [-0.25, -0.2) is 0 Å². The van der Waals surface area contributed by atoms with Gasteiger partial charge in [-0.05, 0) is 53.9 Å². The predicted octanol–water partition coefficient (Wildman–Crippen LogP) is 2.62. The van der Waals surface area contributed by atoms with Gasteiger partial charge in [-0.2, -0.15) is 5.10 Å². The molecule has 0 saturated carbocycles. The molecule has 4 heteroatoms. The molecule has 2 rings (SSSR count). The fraction of sp³-hybridized carbons (Fsp3) is 0.417. The third-order valence-electron chi connectivity index (χ3n) is 2.53. The molecule has 0 aliphatic heterocycles. The zero-order chi connectivity index (χ0) is 11.9. The number of hydrogen-bond donors (Lipinski definition) is 1. The molecule has 1 aromatic carbocycles. The van der Waals surface area contributed by atoms with Crippen molar-refractivity contribution in [2.45, 2.75) is 25.8 Å². The summed E-state index contributed by atoms with van der Waals surface area (Å²) >= 11 is 3.45. The van der Waals surface area contributed by atoms with Crippen LogP contribution in [0.5, 0.6) is 0 Å². The number of aromatic nitrogens is 2. The number of fused-ring (bicyclic) bond motifs is 1. The Morgan fingerprint density at radius 1 is 1.44 bits per heavy atom. The SMILES string of the molecule is Cn1nc(Br)c2ccc(CC(C)(C)N)cc21. The number of halogens is 1. The predicted molar refractivity (Wildman–Crippen MR) is 70.4 cm³/mol. The Hall–Kier alpha value is -0.870. The van der Waals surface area contributed by atoms with Crippen molar-refractivity contribution < 1.29 is 0 Å². The normalized spacial score (nSPS) is 12.3. The Morgan fingerprint density at radius 2 is 2.12 bits per heavy atom. The van der Waals surface area contributed by atoms with Crippen molar-refractivity contribution in [3.05, 3.63) is 28.4 Å². The Morgan fingerprint density at radius 3 is 2.75 bits per heavy atom. The van der Waals surface area contributed by atoms with Gasteiger partial charge in [0.2, 0.25) is 0 Å². The summed E-state index contributed by atoms with van der Waals surface area (Å²) in [6.45, 7) is 4.08. The van der Waals surface area contributed by atoms with Crippen LogP contribution >= 0.6 is 15.9 Å². The number of aryl methyl sites for hydroxylation is 1. The zero-order valence-corrected chi connectivity index (χ0v) is 11.4. The number of benzene rings is 1. The molecule has 0 fully saturated rings. The van der Waals surface area contributed by atoms with Gasteiger partial charge in [-0.1, -0.05) is 6.07 Å². The second-order valence-electron chi connectivity index (χ2n) is 4.93. The maximum Gasteiger partial charge on any atom is 0.135 e.